The Morgan fingerprint density at radius 3 is 1.83 bits per heavy atom. The zero-order chi connectivity index (χ0) is 39.3. The number of nitrogens with zero attached hydrogens (tertiary/aromatic N) is 3. The minimum Gasteiger partial charge on any atom is -0.254 e. The van der Waals surface area contributed by atoms with Crippen molar-refractivity contribution in [2.75, 3.05) is 0 Å². The van der Waals surface area contributed by atoms with Crippen molar-refractivity contribution in [1.82, 2.24) is 15.0 Å². The molecule has 0 radical (unpaired) electrons. The third-order valence-electron chi connectivity index (χ3n) is 13.5. The molecule has 0 spiro atoms. The number of aryl methyl sites for hydroxylation is 2. The van der Waals surface area contributed by atoms with Gasteiger partial charge in [-0.3, -0.25) is 9.97 Å². The molecule has 0 fully saturated rings. The molecule has 3 nitrogen and oxygen atoms in total. The molecule has 0 amide bonds. The Bertz CT molecular complexity index is 3590. The molecule has 3 aliphatic rings. The van der Waals surface area contributed by atoms with Gasteiger partial charge in [0, 0.05) is 39.7 Å². The Morgan fingerprint density at radius 2 is 1.00 bits per heavy atom. The molecule has 282 valence electrons. The number of pyridine rings is 3. The maximum Gasteiger partial charge on any atom is 0.0970 e. The van der Waals surface area contributed by atoms with Gasteiger partial charge in [-0.15, -0.1) is 0 Å². The van der Waals surface area contributed by atoms with Crippen LogP contribution in [0.15, 0.2) is 146 Å². The largest absolute Gasteiger partial charge is 0.254 e. The number of aromatic nitrogens is 3. The Kier molecular flexibility index (Phi) is 7.38. The Hall–Kier alpha value is -7.23. The van der Waals surface area contributed by atoms with Gasteiger partial charge in [-0.2, -0.15) is 0 Å². The zero-order valence-corrected chi connectivity index (χ0v) is 33.2. The van der Waals surface area contributed by atoms with E-state index in [0.29, 0.717) is 0 Å². The first-order valence-electron chi connectivity index (χ1n) is 21.4. The molecule has 7 aromatic carbocycles. The normalized spacial score (nSPS) is 14.4. The first kappa shape index (κ1) is 33.7. The quantitative estimate of drug-likeness (QED) is 0.168. The topological polar surface area (TPSA) is 38.7 Å². The Balaban J connectivity index is 0.935. The molecule has 0 saturated carbocycles. The standard InChI is InChI=1S/C57H39N3/c1-2-15-42-41(14-1)51-31-36(25-27-43(51)44-28-26-37(32-52(42)44)50-33-38-11-9-29-58-55(38)57-49(50)20-10-30-59-57)34-21-23-35(24-22-34)54-48-19-8-6-17-46(48)53-45-16-5-3-12-39(45)40-13-4-7-18-47(40)56(53)60-54/h2-3,5-7,9-12,15-18,20-33H,1,4,8,13-14,19H2. The van der Waals surface area contributed by atoms with Crippen molar-refractivity contribution in [3.05, 3.63) is 179 Å². The molecule has 3 heteroatoms. The zero-order valence-electron chi connectivity index (χ0n) is 33.2. The van der Waals surface area contributed by atoms with Crippen LogP contribution < -0.4 is 0 Å². The SMILES string of the molecule is C1=Cc2c(c(-c3ccc(-c4ccc5c(c4)c4c(c6cc(-c7cc8cccnc8c8ncccc78)ccc65)C=CCC4)cc3)nc3c4c(c5ccccc5c23)CCC=C4)CC1. The van der Waals surface area contributed by atoms with Crippen molar-refractivity contribution in [3.8, 4) is 33.5 Å². The van der Waals surface area contributed by atoms with Crippen LogP contribution >= 0.6 is 0 Å². The molecule has 0 atom stereocenters. The highest BCUT2D eigenvalue weighted by atomic mass is 14.7. The van der Waals surface area contributed by atoms with Crippen LogP contribution in [0.1, 0.15) is 52.6 Å². The molecule has 0 N–H and O–H groups in total. The van der Waals surface area contributed by atoms with Crippen LogP contribution in [0, 0.1) is 0 Å². The van der Waals surface area contributed by atoms with Gasteiger partial charge in [0.2, 0.25) is 0 Å². The lowest BCUT2D eigenvalue weighted by molar-refractivity contribution is 0.979. The second-order valence-electron chi connectivity index (χ2n) is 16.7. The summed E-state index contributed by atoms with van der Waals surface area (Å²) in [5, 5.41) is 11.5. The summed E-state index contributed by atoms with van der Waals surface area (Å²) in [6, 6.07) is 43.0. The predicted octanol–water partition coefficient (Wildman–Crippen LogP) is 14.7. The van der Waals surface area contributed by atoms with Crippen molar-refractivity contribution in [3.63, 3.8) is 0 Å². The van der Waals surface area contributed by atoms with Gasteiger partial charge in [0.15, 0.2) is 0 Å². The van der Waals surface area contributed by atoms with Crippen molar-refractivity contribution >= 4 is 83.3 Å². The fourth-order valence-electron chi connectivity index (χ4n) is 10.8. The third-order valence-corrected chi connectivity index (χ3v) is 13.5. The van der Waals surface area contributed by atoms with E-state index in [2.05, 4.69) is 140 Å². The van der Waals surface area contributed by atoms with E-state index in [9.17, 15) is 0 Å². The first-order valence-corrected chi connectivity index (χ1v) is 21.4. The van der Waals surface area contributed by atoms with Crippen LogP contribution in [0.2, 0.25) is 0 Å². The number of benzene rings is 7. The number of allylic oxidation sites excluding steroid dienone is 3. The summed E-state index contributed by atoms with van der Waals surface area (Å²) in [5.74, 6) is 0. The van der Waals surface area contributed by atoms with E-state index in [1.54, 1.807) is 0 Å². The minimum absolute atomic E-state index is 0.945. The highest BCUT2D eigenvalue weighted by molar-refractivity contribution is 6.18. The molecule has 3 heterocycles. The summed E-state index contributed by atoms with van der Waals surface area (Å²) in [6.45, 7) is 0. The second-order valence-corrected chi connectivity index (χ2v) is 16.7. The first-order chi connectivity index (χ1) is 29.8. The average Bonchev–Trinajstić information content (AvgIpc) is 3.33. The molecule has 0 bridgehead atoms. The molecule has 10 aromatic rings. The van der Waals surface area contributed by atoms with E-state index in [1.807, 2.05) is 24.5 Å². The summed E-state index contributed by atoms with van der Waals surface area (Å²) < 4.78 is 0. The van der Waals surface area contributed by atoms with Crippen LogP contribution in [0.5, 0.6) is 0 Å². The third kappa shape index (κ3) is 4.99. The summed E-state index contributed by atoms with van der Waals surface area (Å²) >= 11 is 0. The summed E-state index contributed by atoms with van der Waals surface area (Å²) in [6.07, 6.45) is 24.0. The second kappa shape index (κ2) is 13.1. The van der Waals surface area contributed by atoms with E-state index >= 15 is 0 Å². The predicted molar refractivity (Wildman–Crippen MR) is 253 cm³/mol. The van der Waals surface area contributed by atoms with E-state index in [0.717, 1.165) is 71.5 Å². The molecule has 3 aliphatic carbocycles. The van der Waals surface area contributed by atoms with Gasteiger partial charge >= 0.3 is 0 Å². The molecule has 0 aliphatic heterocycles. The molecule has 0 unspecified atom stereocenters. The van der Waals surface area contributed by atoms with E-state index < -0.39 is 0 Å². The molecular formula is C57H39N3. The van der Waals surface area contributed by atoms with Gasteiger partial charge < -0.3 is 0 Å². The van der Waals surface area contributed by atoms with Crippen molar-refractivity contribution in [2.45, 2.75) is 38.5 Å². The van der Waals surface area contributed by atoms with Gasteiger partial charge in [0.05, 0.1) is 22.2 Å². The Morgan fingerprint density at radius 1 is 0.383 bits per heavy atom. The van der Waals surface area contributed by atoms with Gasteiger partial charge in [0.25, 0.3) is 0 Å². The minimum atomic E-state index is 0.945. The smallest absolute Gasteiger partial charge is 0.0970 e. The fraction of sp³-hybridized carbons (Fsp3) is 0.105. The highest BCUT2D eigenvalue weighted by Crippen LogP contribution is 2.44. The number of fused-ring (bicyclic) bond motifs is 17. The van der Waals surface area contributed by atoms with Gasteiger partial charge in [0.1, 0.15) is 0 Å². The summed E-state index contributed by atoms with van der Waals surface area (Å²) in [5.41, 5.74) is 18.4. The van der Waals surface area contributed by atoms with Crippen molar-refractivity contribution in [1.29, 1.82) is 0 Å². The average molecular weight is 766 g/mol. The lowest BCUT2D eigenvalue weighted by Gasteiger charge is -2.23. The van der Waals surface area contributed by atoms with Crippen LogP contribution in [0.4, 0.5) is 0 Å². The maximum absolute atomic E-state index is 5.60. The van der Waals surface area contributed by atoms with Crippen LogP contribution in [-0.2, 0) is 19.3 Å². The van der Waals surface area contributed by atoms with Gasteiger partial charge in [-0.05, 0) is 151 Å². The lowest BCUT2D eigenvalue weighted by Crippen LogP contribution is -2.06. The monoisotopic (exact) mass is 765 g/mol. The maximum atomic E-state index is 5.60. The fourth-order valence-corrected chi connectivity index (χ4v) is 10.8. The van der Waals surface area contributed by atoms with Gasteiger partial charge in [-0.25, -0.2) is 4.98 Å². The van der Waals surface area contributed by atoms with E-state index in [-0.39, 0.29) is 0 Å². The molecule has 3 aromatic heterocycles. The number of hydrogen-bond donors (Lipinski definition) is 0. The van der Waals surface area contributed by atoms with Crippen LogP contribution in [0.3, 0.4) is 0 Å². The van der Waals surface area contributed by atoms with Gasteiger partial charge in [-0.1, -0.05) is 121 Å². The van der Waals surface area contributed by atoms with Crippen molar-refractivity contribution in [2.24, 2.45) is 0 Å². The van der Waals surface area contributed by atoms with Crippen LogP contribution in [-0.4, -0.2) is 15.0 Å². The number of hydrogen-bond acceptors (Lipinski definition) is 3. The summed E-state index contributed by atoms with van der Waals surface area (Å²) in [4.78, 5) is 15.1. The lowest BCUT2D eigenvalue weighted by atomic mass is 9.83. The molecule has 60 heavy (non-hydrogen) atoms. The highest BCUT2D eigenvalue weighted by Gasteiger charge is 2.24. The Labute approximate surface area is 348 Å². The van der Waals surface area contributed by atoms with E-state index in [4.69, 9.17) is 15.0 Å². The van der Waals surface area contributed by atoms with Crippen molar-refractivity contribution < 1.29 is 0 Å². The van der Waals surface area contributed by atoms with E-state index in [1.165, 1.54) is 98.9 Å². The molecular weight excluding hydrogens is 727 g/mol. The molecule has 0 saturated heterocycles. The van der Waals surface area contributed by atoms with Crippen LogP contribution in [0.25, 0.3) is 117 Å². The summed E-state index contributed by atoms with van der Waals surface area (Å²) in [7, 11) is 0. The molecule has 13 rings (SSSR count). The number of rotatable bonds is 3.